The Morgan fingerprint density at radius 3 is 2.81 bits per heavy atom. The van der Waals surface area contributed by atoms with Gasteiger partial charge in [0.15, 0.2) is 11.5 Å². The first-order valence-corrected chi connectivity index (χ1v) is 8.75. The third-order valence-electron chi connectivity index (χ3n) is 3.94. The Bertz CT molecular complexity index is 911. The molecule has 1 heterocycles. The first-order valence-electron chi connectivity index (χ1n) is 8.37. The quantitative estimate of drug-likeness (QED) is 0.763. The molecule has 1 unspecified atom stereocenters. The van der Waals surface area contributed by atoms with Gasteiger partial charge in [-0.25, -0.2) is 0 Å². The molecule has 1 aliphatic heterocycles. The van der Waals surface area contributed by atoms with Crippen LogP contribution in [-0.4, -0.2) is 18.6 Å². The van der Waals surface area contributed by atoms with Crippen LogP contribution in [0.15, 0.2) is 42.5 Å². The molecule has 1 aliphatic rings. The van der Waals surface area contributed by atoms with Gasteiger partial charge in [0.1, 0.15) is 0 Å². The van der Waals surface area contributed by atoms with Crippen LogP contribution < -0.4 is 20.1 Å². The highest BCUT2D eigenvalue weighted by Crippen LogP contribution is 2.40. The van der Waals surface area contributed by atoms with Crippen molar-refractivity contribution < 1.29 is 19.1 Å². The normalized spacial score (nSPS) is 13.4. The Morgan fingerprint density at radius 2 is 2.04 bits per heavy atom. The van der Waals surface area contributed by atoms with Gasteiger partial charge in [-0.05, 0) is 48.4 Å². The van der Waals surface area contributed by atoms with Gasteiger partial charge in [-0.15, -0.1) is 0 Å². The number of amides is 2. The summed E-state index contributed by atoms with van der Waals surface area (Å²) in [4.78, 5) is 23.4. The zero-order valence-corrected chi connectivity index (χ0v) is 15.7. The number of nitrogens with one attached hydrogen (secondary N) is 2. The fraction of sp³-hybridized carbons (Fsp3) is 0.200. The molecule has 2 aromatic carbocycles. The summed E-state index contributed by atoms with van der Waals surface area (Å²) in [6.45, 7) is 3.46. The van der Waals surface area contributed by atoms with Crippen molar-refractivity contribution in [1.82, 2.24) is 5.32 Å². The van der Waals surface area contributed by atoms with Gasteiger partial charge < -0.3 is 20.1 Å². The van der Waals surface area contributed by atoms with Crippen LogP contribution >= 0.6 is 11.6 Å². The maximum atomic E-state index is 12.2. The lowest BCUT2D eigenvalue weighted by atomic mass is 10.1. The van der Waals surface area contributed by atoms with E-state index in [0.717, 1.165) is 11.1 Å². The van der Waals surface area contributed by atoms with E-state index in [1.807, 2.05) is 25.1 Å². The van der Waals surface area contributed by atoms with Crippen molar-refractivity contribution in [2.75, 3.05) is 12.1 Å². The molecule has 140 valence electrons. The Kier molecular flexibility index (Phi) is 5.66. The van der Waals surface area contributed by atoms with Gasteiger partial charge in [-0.3, -0.25) is 9.59 Å². The number of rotatable bonds is 5. The van der Waals surface area contributed by atoms with Crippen LogP contribution in [0.5, 0.6) is 11.5 Å². The molecule has 0 radical (unpaired) electrons. The van der Waals surface area contributed by atoms with Crippen LogP contribution in [0.25, 0.3) is 6.08 Å². The summed E-state index contributed by atoms with van der Waals surface area (Å²) in [6.07, 6.45) is 3.09. The number of benzene rings is 2. The number of anilines is 1. The fourth-order valence-electron chi connectivity index (χ4n) is 2.69. The molecular weight excluding hydrogens is 368 g/mol. The van der Waals surface area contributed by atoms with E-state index in [9.17, 15) is 9.59 Å². The van der Waals surface area contributed by atoms with Crippen LogP contribution in [0.3, 0.4) is 0 Å². The molecule has 1 atom stereocenters. The van der Waals surface area contributed by atoms with E-state index < -0.39 is 0 Å². The smallest absolute Gasteiger partial charge is 0.244 e. The average Bonchev–Trinajstić information content (AvgIpc) is 3.09. The first-order chi connectivity index (χ1) is 12.9. The second kappa shape index (κ2) is 8.14. The molecule has 0 aliphatic carbocycles. The van der Waals surface area contributed by atoms with Crippen LogP contribution in [0, 0.1) is 0 Å². The molecule has 0 spiro atoms. The van der Waals surface area contributed by atoms with Gasteiger partial charge in [0.25, 0.3) is 0 Å². The topological polar surface area (TPSA) is 76.7 Å². The number of halogens is 1. The van der Waals surface area contributed by atoms with E-state index in [2.05, 4.69) is 10.6 Å². The Hall–Kier alpha value is -2.99. The second-order valence-electron chi connectivity index (χ2n) is 6.11. The molecular formula is C20H19ClN2O4. The van der Waals surface area contributed by atoms with Gasteiger partial charge in [0.05, 0.1) is 11.1 Å². The molecule has 0 bridgehead atoms. The first kappa shape index (κ1) is 18.8. The van der Waals surface area contributed by atoms with Gasteiger partial charge in [0.2, 0.25) is 18.6 Å². The maximum absolute atomic E-state index is 12.2. The molecule has 0 aromatic heterocycles. The summed E-state index contributed by atoms with van der Waals surface area (Å²) >= 11 is 6.14. The van der Waals surface area contributed by atoms with Crippen molar-refractivity contribution in [3.63, 3.8) is 0 Å². The Balaban J connectivity index is 1.64. The van der Waals surface area contributed by atoms with Crippen LogP contribution in [0.1, 0.15) is 31.0 Å². The van der Waals surface area contributed by atoms with E-state index in [1.54, 1.807) is 24.3 Å². The largest absolute Gasteiger partial charge is 0.454 e. The highest BCUT2D eigenvalue weighted by molar-refractivity contribution is 6.32. The number of fused-ring (bicyclic) bond motifs is 1. The number of carbonyl (C=O) groups excluding carboxylic acids is 2. The molecule has 0 saturated heterocycles. The van der Waals surface area contributed by atoms with Crippen molar-refractivity contribution in [3.8, 4) is 11.5 Å². The highest BCUT2D eigenvalue weighted by atomic mass is 35.5. The van der Waals surface area contributed by atoms with Crippen molar-refractivity contribution in [2.45, 2.75) is 19.9 Å². The minimum Gasteiger partial charge on any atom is -0.454 e. The lowest BCUT2D eigenvalue weighted by Gasteiger charge is -2.14. The van der Waals surface area contributed by atoms with Gasteiger partial charge in [-0.2, -0.15) is 0 Å². The molecule has 2 amide bonds. The summed E-state index contributed by atoms with van der Waals surface area (Å²) in [5.41, 5.74) is 2.31. The minimum atomic E-state index is -0.249. The number of ether oxygens (including phenoxy) is 2. The lowest BCUT2D eigenvalue weighted by Crippen LogP contribution is -2.24. The van der Waals surface area contributed by atoms with E-state index in [-0.39, 0.29) is 24.6 Å². The van der Waals surface area contributed by atoms with E-state index in [4.69, 9.17) is 21.1 Å². The molecule has 7 heteroatoms. The van der Waals surface area contributed by atoms with Crippen molar-refractivity contribution in [3.05, 3.63) is 58.6 Å². The Labute approximate surface area is 162 Å². The summed E-state index contributed by atoms with van der Waals surface area (Å²) in [7, 11) is 0. The molecule has 0 saturated carbocycles. The van der Waals surface area contributed by atoms with Crippen LogP contribution in [0.4, 0.5) is 5.69 Å². The SMILES string of the molecule is CC(=O)Nc1cccc(C(C)NC(=O)/C=C/c2cc(Cl)c3c(c2)OCO3)c1. The summed E-state index contributed by atoms with van der Waals surface area (Å²) in [5.74, 6) is 0.687. The van der Waals surface area contributed by atoms with E-state index in [1.165, 1.54) is 13.0 Å². The maximum Gasteiger partial charge on any atom is 0.244 e. The molecule has 27 heavy (non-hydrogen) atoms. The number of hydrogen-bond donors (Lipinski definition) is 2. The standard InChI is InChI=1S/C20H19ClN2O4/c1-12(15-4-3-5-16(10-15)23-13(2)24)22-19(25)7-6-14-8-17(21)20-18(9-14)26-11-27-20/h3-10,12H,11H2,1-2H3,(H,22,25)(H,23,24)/b7-6+. The summed E-state index contributed by atoms with van der Waals surface area (Å²) in [5, 5.41) is 6.05. The number of hydrogen-bond acceptors (Lipinski definition) is 4. The van der Waals surface area contributed by atoms with Crippen molar-refractivity contribution >= 4 is 35.2 Å². The third-order valence-corrected chi connectivity index (χ3v) is 4.22. The van der Waals surface area contributed by atoms with Gasteiger partial charge >= 0.3 is 0 Å². The molecule has 3 rings (SSSR count). The summed E-state index contributed by atoms with van der Waals surface area (Å²) in [6, 6.07) is 10.6. The Morgan fingerprint density at radius 1 is 1.22 bits per heavy atom. The van der Waals surface area contributed by atoms with Gasteiger partial charge in [0, 0.05) is 18.7 Å². The van der Waals surface area contributed by atoms with Crippen molar-refractivity contribution in [2.24, 2.45) is 0 Å². The molecule has 2 N–H and O–H groups in total. The fourth-order valence-corrected chi connectivity index (χ4v) is 2.96. The molecule has 0 fully saturated rings. The van der Waals surface area contributed by atoms with Gasteiger partial charge in [-0.1, -0.05) is 23.7 Å². The second-order valence-corrected chi connectivity index (χ2v) is 6.51. The van der Waals surface area contributed by atoms with E-state index in [0.29, 0.717) is 22.2 Å². The predicted octanol–water partition coefficient (Wildman–Crippen LogP) is 3.92. The van der Waals surface area contributed by atoms with E-state index >= 15 is 0 Å². The third kappa shape index (κ3) is 4.80. The molecule has 6 nitrogen and oxygen atoms in total. The van der Waals surface area contributed by atoms with Crippen LogP contribution in [-0.2, 0) is 9.59 Å². The van der Waals surface area contributed by atoms with Crippen molar-refractivity contribution in [1.29, 1.82) is 0 Å². The minimum absolute atomic E-state index is 0.137. The average molecular weight is 387 g/mol. The van der Waals surface area contributed by atoms with Crippen LogP contribution in [0.2, 0.25) is 5.02 Å². The summed E-state index contributed by atoms with van der Waals surface area (Å²) < 4.78 is 10.6. The number of carbonyl (C=O) groups is 2. The zero-order valence-electron chi connectivity index (χ0n) is 14.9. The molecule has 2 aromatic rings. The highest BCUT2D eigenvalue weighted by Gasteiger charge is 2.17. The lowest BCUT2D eigenvalue weighted by molar-refractivity contribution is -0.117. The zero-order chi connectivity index (χ0) is 19.4. The predicted molar refractivity (Wildman–Crippen MR) is 104 cm³/mol. The monoisotopic (exact) mass is 386 g/mol.